The molecule has 1 aliphatic heterocycles. The Hall–Kier alpha value is -2.25. The van der Waals surface area contributed by atoms with Gasteiger partial charge in [-0.25, -0.2) is 0 Å². The molecule has 0 bridgehead atoms. The van der Waals surface area contributed by atoms with Crippen molar-refractivity contribution in [3.63, 3.8) is 0 Å². The molecule has 0 spiro atoms. The highest BCUT2D eigenvalue weighted by molar-refractivity contribution is 9.10. The standard InChI is InChI=1S/C19H19BrN2O4/c20-14-8-6-13(7-9-14)18(24)17(22-10-2-1-5-16(22)23)19(25)21-12-15-4-3-11-26-15/h1-2,5-10,15,17H,3-4,11-12H2,(H,21,25)/t15-,17-/m1/s1. The number of nitrogens with zero attached hydrogens (tertiary/aromatic N) is 1. The third-order valence-corrected chi connectivity index (χ3v) is 4.81. The van der Waals surface area contributed by atoms with E-state index in [4.69, 9.17) is 4.74 Å². The van der Waals surface area contributed by atoms with Crippen LogP contribution in [-0.4, -0.2) is 35.5 Å². The van der Waals surface area contributed by atoms with Crippen LogP contribution in [0.5, 0.6) is 0 Å². The normalized spacial score (nSPS) is 17.7. The molecule has 136 valence electrons. The van der Waals surface area contributed by atoms with Crippen molar-refractivity contribution in [1.82, 2.24) is 9.88 Å². The number of pyridine rings is 1. The summed E-state index contributed by atoms with van der Waals surface area (Å²) >= 11 is 3.32. The van der Waals surface area contributed by atoms with Crippen LogP contribution in [0.1, 0.15) is 29.2 Å². The van der Waals surface area contributed by atoms with E-state index in [2.05, 4.69) is 21.2 Å². The second-order valence-corrected chi connectivity index (χ2v) is 7.02. The van der Waals surface area contributed by atoms with E-state index in [9.17, 15) is 14.4 Å². The van der Waals surface area contributed by atoms with Crippen molar-refractivity contribution in [2.75, 3.05) is 13.2 Å². The highest BCUT2D eigenvalue weighted by Gasteiger charge is 2.30. The van der Waals surface area contributed by atoms with Crippen LogP contribution >= 0.6 is 15.9 Å². The summed E-state index contributed by atoms with van der Waals surface area (Å²) in [6.45, 7) is 1.00. The zero-order valence-corrected chi connectivity index (χ0v) is 15.6. The number of hydrogen-bond acceptors (Lipinski definition) is 4. The van der Waals surface area contributed by atoms with Crippen LogP contribution in [0.4, 0.5) is 0 Å². The van der Waals surface area contributed by atoms with Gasteiger partial charge in [0.15, 0.2) is 11.8 Å². The molecular formula is C19H19BrN2O4. The van der Waals surface area contributed by atoms with Gasteiger partial charge in [0.2, 0.25) is 0 Å². The monoisotopic (exact) mass is 418 g/mol. The van der Waals surface area contributed by atoms with Gasteiger partial charge >= 0.3 is 0 Å². The van der Waals surface area contributed by atoms with E-state index in [1.807, 2.05) is 0 Å². The van der Waals surface area contributed by atoms with E-state index in [1.165, 1.54) is 12.3 Å². The Morgan fingerprint density at radius 3 is 2.65 bits per heavy atom. The van der Waals surface area contributed by atoms with Crippen LogP contribution in [0.3, 0.4) is 0 Å². The van der Waals surface area contributed by atoms with Gasteiger partial charge in [-0.15, -0.1) is 0 Å². The Morgan fingerprint density at radius 1 is 1.23 bits per heavy atom. The van der Waals surface area contributed by atoms with Gasteiger partial charge in [0.1, 0.15) is 0 Å². The zero-order valence-electron chi connectivity index (χ0n) is 14.1. The second-order valence-electron chi connectivity index (χ2n) is 6.10. The zero-order chi connectivity index (χ0) is 18.5. The van der Waals surface area contributed by atoms with Crippen molar-refractivity contribution >= 4 is 27.6 Å². The number of ether oxygens (including phenoxy) is 1. The Bertz CT molecular complexity index is 841. The molecule has 1 fully saturated rings. The van der Waals surface area contributed by atoms with Crippen molar-refractivity contribution in [1.29, 1.82) is 0 Å². The van der Waals surface area contributed by atoms with E-state index in [0.29, 0.717) is 18.7 Å². The number of benzene rings is 1. The Kier molecular flexibility index (Phi) is 6.00. The first-order valence-corrected chi connectivity index (χ1v) is 9.22. The van der Waals surface area contributed by atoms with E-state index >= 15 is 0 Å². The van der Waals surface area contributed by atoms with Crippen LogP contribution in [0.15, 0.2) is 57.9 Å². The molecule has 7 heteroatoms. The fraction of sp³-hybridized carbons (Fsp3) is 0.316. The number of hydrogen-bond donors (Lipinski definition) is 1. The topological polar surface area (TPSA) is 77.4 Å². The summed E-state index contributed by atoms with van der Waals surface area (Å²) in [7, 11) is 0. The first-order chi connectivity index (χ1) is 12.6. The van der Waals surface area contributed by atoms with Gasteiger partial charge in [0.25, 0.3) is 11.5 Å². The first-order valence-electron chi connectivity index (χ1n) is 8.42. The van der Waals surface area contributed by atoms with Gasteiger partial charge < -0.3 is 10.1 Å². The van der Waals surface area contributed by atoms with Gasteiger partial charge in [-0.1, -0.05) is 34.1 Å². The number of aromatic nitrogens is 1. The SMILES string of the molecule is O=C(NC[C@H]1CCCO1)[C@@H](C(=O)c1ccc(Br)cc1)n1ccccc1=O. The minimum absolute atomic E-state index is 0.0464. The summed E-state index contributed by atoms with van der Waals surface area (Å²) in [6.07, 6.45) is 3.24. The van der Waals surface area contributed by atoms with Gasteiger partial charge in [-0.05, 0) is 31.0 Å². The molecule has 2 aromatic rings. The van der Waals surface area contributed by atoms with Gasteiger partial charge in [0.05, 0.1) is 6.10 Å². The summed E-state index contributed by atoms with van der Waals surface area (Å²) in [5.74, 6) is -0.947. The van der Waals surface area contributed by atoms with E-state index in [1.54, 1.807) is 36.4 Å². The lowest BCUT2D eigenvalue weighted by Crippen LogP contribution is -2.43. The maximum Gasteiger partial charge on any atom is 0.251 e. The summed E-state index contributed by atoms with van der Waals surface area (Å²) in [4.78, 5) is 38.0. The first kappa shape index (κ1) is 18.5. The van der Waals surface area contributed by atoms with Crippen molar-refractivity contribution in [2.24, 2.45) is 0 Å². The number of carbonyl (C=O) groups is 2. The largest absolute Gasteiger partial charge is 0.376 e. The fourth-order valence-electron chi connectivity index (χ4n) is 2.91. The third-order valence-electron chi connectivity index (χ3n) is 4.28. The van der Waals surface area contributed by atoms with Crippen molar-refractivity contribution in [2.45, 2.75) is 25.0 Å². The highest BCUT2D eigenvalue weighted by atomic mass is 79.9. The number of halogens is 1. The molecule has 3 rings (SSSR count). The van der Waals surface area contributed by atoms with E-state index in [-0.39, 0.29) is 6.10 Å². The maximum atomic E-state index is 13.0. The predicted octanol–water partition coefficient (Wildman–Crippen LogP) is 2.33. The van der Waals surface area contributed by atoms with Crippen molar-refractivity contribution in [3.05, 3.63) is 69.1 Å². The fourth-order valence-corrected chi connectivity index (χ4v) is 3.18. The summed E-state index contributed by atoms with van der Waals surface area (Å²) in [5, 5.41) is 2.76. The molecule has 2 atom stereocenters. The van der Waals surface area contributed by atoms with Crippen LogP contribution in [0, 0.1) is 0 Å². The number of nitrogens with one attached hydrogen (secondary N) is 1. The molecule has 1 N–H and O–H groups in total. The van der Waals surface area contributed by atoms with Gasteiger partial charge in [-0.3, -0.25) is 19.0 Å². The molecule has 6 nitrogen and oxygen atoms in total. The molecule has 1 saturated heterocycles. The number of amides is 1. The Balaban J connectivity index is 1.87. The lowest BCUT2D eigenvalue weighted by Gasteiger charge is -2.19. The van der Waals surface area contributed by atoms with Crippen molar-refractivity contribution in [3.8, 4) is 0 Å². The summed E-state index contributed by atoms with van der Waals surface area (Å²) in [6, 6.07) is 9.97. The summed E-state index contributed by atoms with van der Waals surface area (Å²) < 4.78 is 7.48. The average molecular weight is 419 g/mol. The van der Waals surface area contributed by atoms with Gasteiger partial charge in [-0.2, -0.15) is 0 Å². The predicted molar refractivity (Wildman–Crippen MR) is 100 cm³/mol. The minimum atomic E-state index is -1.26. The maximum absolute atomic E-state index is 13.0. The molecule has 1 aromatic carbocycles. The number of rotatable bonds is 6. The smallest absolute Gasteiger partial charge is 0.251 e. The van der Waals surface area contributed by atoms with E-state index in [0.717, 1.165) is 21.9 Å². The number of Topliss-reactive ketones (excluding diaryl/α,β-unsaturated/α-hetero) is 1. The lowest BCUT2D eigenvalue weighted by atomic mass is 10.0. The average Bonchev–Trinajstić information content (AvgIpc) is 3.16. The number of ketones is 1. The molecule has 0 radical (unpaired) electrons. The van der Waals surface area contributed by atoms with E-state index < -0.39 is 23.3 Å². The van der Waals surface area contributed by atoms with Crippen LogP contribution in [0.2, 0.25) is 0 Å². The molecule has 0 unspecified atom stereocenters. The van der Waals surface area contributed by atoms with Gasteiger partial charge in [0, 0.05) is 35.5 Å². The molecule has 1 amide bonds. The molecule has 1 aromatic heterocycles. The van der Waals surface area contributed by atoms with Crippen molar-refractivity contribution < 1.29 is 14.3 Å². The Morgan fingerprint density at radius 2 is 2.00 bits per heavy atom. The summed E-state index contributed by atoms with van der Waals surface area (Å²) in [5.41, 5.74) is -0.0450. The molecule has 2 heterocycles. The molecular weight excluding hydrogens is 400 g/mol. The van der Waals surface area contributed by atoms with Crippen LogP contribution in [-0.2, 0) is 9.53 Å². The third kappa shape index (κ3) is 4.28. The highest BCUT2D eigenvalue weighted by Crippen LogP contribution is 2.17. The lowest BCUT2D eigenvalue weighted by molar-refractivity contribution is -0.123. The van der Waals surface area contributed by atoms with Crippen LogP contribution in [0.25, 0.3) is 0 Å². The quantitative estimate of drug-likeness (QED) is 0.576. The minimum Gasteiger partial charge on any atom is -0.376 e. The van der Waals surface area contributed by atoms with Crippen LogP contribution < -0.4 is 10.9 Å². The molecule has 1 aliphatic rings. The second kappa shape index (κ2) is 8.42. The molecule has 26 heavy (non-hydrogen) atoms. The molecule has 0 aliphatic carbocycles. The Labute approximate surface area is 159 Å². The number of carbonyl (C=O) groups excluding carboxylic acids is 2. The molecule has 0 saturated carbocycles.